The Morgan fingerprint density at radius 2 is 2.00 bits per heavy atom. The molecule has 5 heterocycles. The van der Waals surface area contributed by atoms with Gasteiger partial charge in [-0.1, -0.05) is 13.0 Å². The van der Waals surface area contributed by atoms with E-state index >= 15 is 17.6 Å². The number of hydrogen-bond donors (Lipinski definition) is 1. The SMILES string of the molecule is CCC(=O)N1CCC(N(CC)c2nc(OCC34CCCN3CC(F)C4)nc3c(F)c(-c4ccc(F)c5sc(N)c(C#N)c45)c(C(F)(F)F)cc23)C1C. The number of nitriles is 1. The van der Waals surface area contributed by atoms with E-state index in [2.05, 4.69) is 9.97 Å². The van der Waals surface area contributed by atoms with Gasteiger partial charge in [0.15, 0.2) is 5.82 Å². The van der Waals surface area contributed by atoms with Crippen molar-refractivity contribution in [3.8, 4) is 23.2 Å². The average Bonchev–Trinajstić information content (AvgIpc) is 3.85. The van der Waals surface area contributed by atoms with Crippen molar-refractivity contribution in [3.05, 3.63) is 41.0 Å². The second-order valence-electron chi connectivity index (χ2n) is 13.8. The Kier molecular flexibility index (Phi) is 9.17. The van der Waals surface area contributed by atoms with Crippen molar-refractivity contribution in [1.82, 2.24) is 19.8 Å². The molecule has 3 saturated heterocycles. The number of hydrogen-bond acceptors (Lipinski definition) is 9. The number of amides is 1. The van der Waals surface area contributed by atoms with E-state index in [4.69, 9.17) is 10.5 Å². The number of nitrogens with two attached hydrogens (primary N) is 1. The van der Waals surface area contributed by atoms with Gasteiger partial charge in [0.2, 0.25) is 5.91 Å². The molecule has 0 radical (unpaired) electrons. The molecular weight excluding hydrogens is 708 g/mol. The van der Waals surface area contributed by atoms with Gasteiger partial charge in [0, 0.05) is 54.9 Å². The molecule has 0 spiro atoms. The monoisotopic (exact) mass is 745 g/mol. The van der Waals surface area contributed by atoms with Gasteiger partial charge in [-0.2, -0.15) is 28.4 Å². The van der Waals surface area contributed by atoms with E-state index in [1.807, 2.05) is 17.9 Å². The van der Waals surface area contributed by atoms with E-state index in [1.54, 1.807) is 23.6 Å². The topological polar surface area (TPSA) is 112 Å². The van der Waals surface area contributed by atoms with E-state index in [1.165, 1.54) is 0 Å². The van der Waals surface area contributed by atoms with Gasteiger partial charge >= 0.3 is 12.2 Å². The third kappa shape index (κ3) is 5.76. The van der Waals surface area contributed by atoms with Crippen molar-refractivity contribution >= 4 is 49.1 Å². The second-order valence-corrected chi connectivity index (χ2v) is 14.8. The standard InChI is InChI=1S/C36H37F6N7O2S/c1-4-26(50)49-12-9-25(18(49)3)48(5-2)33-21-13-23(36(40,41)42)28(20-7-8-24(38)31-27(20)22(15-43)32(44)52-31)29(39)30(21)45-34(46-33)51-17-35-10-6-11-47(35)16-19(37)14-35/h7-8,13,18-19,25H,4-6,9-12,14,16-17,44H2,1-3H3. The van der Waals surface area contributed by atoms with Crippen LogP contribution < -0.4 is 15.4 Å². The fourth-order valence-electron chi connectivity index (χ4n) is 8.55. The largest absolute Gasteiger partial charge is 0.461 e. The maximum Gasteiger partial charge on any atom is 0.417 e. The van der Waals surface area contributed by atoms with E-state index < -0.39 is 52.2 Å². The molecule has 3 fully saturated rings. The number of nitrogens with zero attached hydrogens (tertiary/aromatic N) is 6. The molecule has 0 bridgehead atoms. The highest BCUT2D eigenvalue weighted by Crippen LogP contribution is 2.48. The van der Waals surface area contributed by atoms with Crippen molar-refractivity contribution in [2.24, 2.45) is 0 Å². The Morgan fingerprint density at radius 3 is 2.69 bits per heavy atom. The number of fused-ring (bicyclic) bond motifs is 3. The molecule has 2 aromatic heterocycles. The maximum atomic E-state index is 17.2. The lowest BCUT2D eigenvalue weighted by atomic mass is 9.92. The van der Waals surface area contributed by atoms with Crippen molar-refractivity contribution in [2.45, 2.75) is 82.8 Å². The number of carbonyl (C=O) groups excluding carboxylic acids is 1. The summed E-state index contributed by atoms with van der Waals surface area (Å²) in [4.78, 5) is 27.2. The first-order valence-electron chi connectivity index (χ1n) is 17.3. The quantitative estimate of drug-likeness (QED) is 0.185. The Bertz CT molecular complexity index is 2120. The number of benzene rings is 2. The lowest BCUT2D eigenvalue weighted by molar-refractivity contribution is -0.137. The summed E-state index contributed by atoms with van der Waals surface area (Å²) in [6, 6.07) is 3.48. The molecular formula is C36H37F6N7O2S. The summed E-state index contributed by atoms with van der Waals surface area (Å²) in [6.45, 7) is 6.97. The van der Waals surface area contributed by atoms with Crippen LogP contribution >= 0.6 is 11.3 Å². The summed E-state index contributed by atoms with van der Waals surface area (Å²) in [5, 5.41) is 9.26. The summed E-state index contributed by atoms with van der Waals surface area (Å²) in [6.07, 6.45) is -3.69. The zero-order valence-corrected chi connectivity index (χ0v) is 29.6. The highest BCUT2D eigenvalue weighted by Gasteiger charge is 2.49. The van der Waals surface area contributed by atoms with E-state index in [-0.39, 0.29) is 87.9 Å². The molecule has 52 heavy (non-hydrogen) atoms. The number of likely N-dealkylation sites (N-methyl/N-ethyl adjacent to an activating group) is 1. The van der Waals surface area contributed by atoms with Gasteiger partial charge in [-0.25, -0.2) is 13.2 Å². The lowest BCUT2D eigenvalue weighted by Gasteiger charge is -2.35. The van der Waals surface area contributed by atoms with Crippen LogP contribution in [0.4, 0.5) is 37.2 Å². The molecule has 3 aliphatic heterocycles. The highest BCUT2D eigenvalue weighted by molar-refractivity contribution is 7.23. The number of rotatable bonds is 8. The van der Waals surface area contributed by atoms with Gasteiger partial charge in [-0.05, 0) is 57.4 Å². The fraction of sp³-hybridized carbons (Fsp3) is 0.500. The van der Waals surface area contributed by atoms with Crippen molar-refractivity contribution < 1.29 is 35.9 Å². The Hall–Kier alpha value is -4.36. The molecule has 0 saturated carbocycles. The molecule has 276 valence electrons. The molecule has 0 aliphatic carbocycles. The number of anilines is 2. The van der Waals surface area contributed by atoms with Crippen molar-refractivity contribution in [2.75, 3.05) is 43.4 Å². The lowest BCUT2D eigenvalue weighted by Crippen LogP contribution is -2.46. The third-order valence-corrected chi connectivity index (χ3v) is 12.0. The molecule has 4 unspecified atom stereocenters. The minimum Gasteiger partial charge on any atom is -0.461 e. The normalized spacial score (nSPS) is 23.5. The van der Waals surface area contributed by atoms with Gasteiger partial charge in [-0.3, -0.25) is 9.69 Å². The number of likely N-dealkylation sites (tertiary alicyclic amines) is 1. The van der Waals surface area contributed by atoms with Gasteiger partial charge < -0.3 is 20.3 Å². The minimum absolute atomic E-state index is 0.0154. The molecule has 9 nitrogen and oxygen atoms in total. The van der Waals surface area contributed by atoms with Gasteiger partial charge in [0.1, 0.15) is 41.0 Å². The molecule has 2 aromatic carbocycles. The smallest absolute Gasteiger partial charge is 0.417 e. The van der Waals surface area contributed by atoms with Gasteiger partial charge in [0.25, 0.3) is 0 Å². The number of aromatic nitrogens is 2. The van der Waals surface area contributed by atoms with Crippen LogP contribution in [0.3, 0.4) is 0 Å². The van der Waals surface area contributed by atoms with Crippen LogP contribution in [0.1, 0.15) is 64.0 Å². The van der Waals surface area contributed by atoms with Gasteiger partial charge in [0.05, 0.1) is 27.4 Å². The summed E-state index contributed by atoms with van der Waals surface area (Å²) in [5.74, 6) is -2.28. The van der Waals surface area contributed by atoms with Crippen LogP contribution in [0, 0.1) is 23.0 Å². The summed E-state index contributed by atoms with van der Waals surface area (Å²) < 4.78 is 98.1. The number of halogens is 6. The first-order chi connectivity index (χ1) is 24.7. The Morgan fingerprint density at radius 1 is 1.23 bits per heavy atom. The summed E-state index contributed by atoms with van der Waals surface area (Å²) in [7, 11) is 0. The molecule has 4 atom stereocenters. The number of alkyl halides is 4. The Balaban J connectivity index is 1.46. The number of thiophene rings is 1. The molecule has 7 rings (SSSR count). The first kappa shape index (κ1) is 36.0. The highest BCUT2D eigenvalue weighted by atomic mass is 32.1. The van der Waals surface area contributed by atoms with Crippen LogP contribution in [-0.2, 0) is 11.0 Å². The average molecular weight is 746 g/mol. The van der Waals surface area contributed by atoms with Crippen molar-refractivity contribution in [3.63, 3.8) is 0 Å². The molecule has 16 heteroatoms. The minimum atomic E-state index is -5.12. The number of ether oxygens (including phenoxy) is 1. The van der Waals surface area contributed by atoms with Crippen LogP contribution in [-0.4, -0.2) is 82.3 Å². The molecule has 2 N–H and O–H groups in total. The van der Waals surface area contributed by atoms with E-state index in [9.17, 15) is 18.8 Å². The summed E-state index contributed by atoms with van der Waals surface area (Å²) >= 11 is 0.683. The molecule has 1 amide bonds. The molecule has 4 aromatic rings. The predicted octanol–water partition coefficient (Wildman–Crippen LogP) is 7.44. The van der Waals surface area contributed by atoms with Crippen molar-refractivity contribution in [1.29, 1.82) is 5.26 Å². The van der Waals surface area contributed by atoms with Crippen LogP contribution in [0.5, 0.6) is 6.01 Å². The van der Waals surface area contributed by atoms with Crippen LogP contribution in [0.2, 0.25) is 0 Å². The van der Waals surface area contributed by atoms with Gasteiger partial charge in [-0.15, -0.1) is 11.3 Å². The Labute approximate surface area is 299 Å². The maximum absolute atomic E-state index is 17.2. The summed E-state index contributed by atoms with van der Waals surface area (Å²) in [5.41, 5.74) is 1.92. The fourth-order valence-corrected chi connectivity index (χ4v) is 9.50. The molecule has 3 aliphatic rings. The first-order valence-corrected chi connectivity index (χ1v) is 18.1. The van der Waals surface area contributed by atoms with Crippen LogP contribution in [0.15, 0.2) is 18.2 Å². The van der Waals surface area contributed by atoms with E-state index in [0.717, 1.165) is 24.6 Å². The van der Waals surface area contributed by atoms with E-state index in [0.29, 0.717) is 37.3 Å². The number of carbonyl (C=O) groups is 1. The zero-order chi connectivity index (χ0) is 37.3. The third-order valence-electron chi connectivity index (χ3n) is 11.0. The van der Waals surface area contributed by atoms with Crippen LogP contribution in [0.25, 0.3) is 32.1 Å². The second kappa shape index (κ2) is 13.2. The predicted molar refractivity (Wildman–Crippen MR) is 186 cm³/mol. The zero-order valence-electron chi connectivity index (χ0n) is 28.8. The number of nitrogen functional groups attached to an aromatic ring is 1.